The summed E-state index contributed by atoms with van der Waals surface area (Å²) in [6, 6.07) is 25.0. The van der Waals surface area contributed by atoms with Gasteiger partial charge in [-0.1, -0.05) is 49.9 Å². The Balaban J connectivity index is 0.000000157. The molecule has 0 radical (unpaired) electrons. The van der Waals surface area contributed by atoms with E-state index in [0.717, 1.165) is 91.1 Å². The fourth-order valence-corrected chi connectivity index (χ4v) is 8.20. The minimum absolute atomic E-state index is 0. The summed E-state index contributed by atoms with van der Waals surface area (Å²) in [6.45, 7) is 13.5. The third kappa shape index (κ3) is 8.15. The first-order valence-corrected chi connectivity index (χ1v) is 19.7. The lowest BCUT2D eigenvalue weighted by Crippen LogP contribution is -2.46. The molecule has 0 atom stereocenters. The van der Waals surface area contributed by atoms with E-state index < -0.39 is 0 Å². The number of nitrogens with zero attached hydrogens (tertiary/aromatic N) is 8. The first-order valence-electron chi connectivity index (χ1n) is 19.7. The quantitative estimate of drug-likeness (QED) is 0.163. The van der Waals surface area contributed by atoms with Gasteiger partial charge in [0.05, 0.1) is 58.2 Å². The standard InChI is InChI=1S/2C23H24N4O.CH4/c2*1-23(2)13-17(9-12-28-23)21-22(25-11-10-24-21)18-14-27(15-18)20-8-7-16-5-3-4-6-19(16)26-20;/h3-8,10-11,13,18H,9,12,14-15H2,1-2H3;3-11,18H,12-15H2,1-2H3;1H4. The van der Waals surface area contributed by atoms with Gasteiger partial charge in [0.2, 0.25) is 0 Å². The largest absolute Gasteiger partial charge is 0.371 e. The van der Waals surface area contributed by atoms with Gasteiger partial charge in [-0.2, -0.15) is 0 Å². The summed E-state index contributed by atoms with van der Waals surface area (Å²) in [7, 11) is 0. The average molecular weight is 761 g/mol. The molecule has 0 spiro atoms. The zero-order chi connectivity index (χ0) is 38.3. The molecule has 8 heterocycles. The van der Waals surface area contributed by atoms with E-state index in [1.165, 1.54) is 21.9 Å². The first kappa shape index (κ1) is 38.3. The van der Waals surface area contributed by atoms with Crippen LogP contribution in [0.5, 0.6) is 0 Å². The van der Waals surface area contributed by atoms with E-state index >= 15 is 0 Å². The predicted octanol–water partition coefficient (Wildman–Crippen LogP) is 9.06. The van der Waals surface area contributed by atoms with Crippen LogP contribution in [0.15, 0.2) is 110 Å². The van der Waals surface area contributed by atoms with Crippen LogP contribution in [0.4, 0.5) is 11.6 Å². The van der Waals surface area contributed by atoms with Gasteiger partial charge in [0.25, 0.3) is 0 Å². The van der Waals surface area contributed by atoms with Crippen LogP contribution in [-0.4, -0.2) is 80.5 Å². The molecule has 10 heteroatoms. The number of hydrogen-bond acceptors (Lipinski definition) is 10. The van der Waals surface area contributed by atoms with Crippen molar-refractivity contribution in [2.24, 2.45) is 0 Å². The third-order valence-electron chi connectivity index (χ3n) is 11.2. The van der Waals surface area contributed by atoms with Crippen LogP contribution < -0.4 is 9.80 Å². The van der Waals surface area contributed by atoms with E-state index in [-0.39, 0.29) is 18.6 Å². The van der Waals surface area contributed by atoms with E-state index in [9.17, 15) is 0 Å². The maximum absolute atomic E-state index is 5.83. The highest BCUT2D eigenvalue weighted by atomic mass is 16.5. The van der Waals surface area contributed by atoms with Gasteiger partial charge in [-0.3, -0.25) is 19.9 Å². The van der Waals surface area contributed by atoms with Crippen molar-refractivity contribution in [1.29, 1.82) is 0 Å². The van der Waals surface area contributed by atoms with Crippen molar-refractivity contribution in [3.63, 3.8) is 0 Å². The monoisotopic (exact) mass is 760 g/mol. The second-order valence-electron chi connectivity index (χ2n) is 16.4. The second kappa shape index (κ2) is 15.8. The summed E-state index contributed by atoms with van der Waals surface area (Å²) in [5.41, 5.74) is 8.46. The number of pyridine rings is 2. The number of benzene rings is 2. The van der Waals surface area contributed by atoms with Crippen molar-refractivity contribution >= 4 is 44.6 Å². The van der Waals surface area contributed by atoms with Gasteiger partial charge in [-0.25, -0.2) is 9.97 Å². The SMILES string of the molecule is C.CC1(C)C=C(c2nccnc2C2CN(c3ccc4ccccc4n3)C2)CCO1.CC1(C)CC(c2nccnc2C2CN(c3ccc4ccccc4n3)C2)=CCO1. The van der Waals surface area contributed by atoms with Gasteiger partial charge >= 0.3 is 0 Å². The number of ether oxygens (including phenoxy) is 2. The van der Waals surface area contributed by atoms with Crippen molar-refractivity contribution in [3.05, 3.63) is 133 Å². The summed E-state index contributed by atoms with van der Waals surface area (Å²) in [5, 5.41) is 2.35. The molecule has 0 saturated carbocycles. The van der Waals surface area contributed by atoms with Crippen LogP contribution in [-0.2, 0) is 9.47 Å². The van der Waals surface area contributed by atoms with Gasteiger partial charge in [-0.15, -0.1) is 0 Å². The Kier molecular flexibility index (Phi) is 10.6. The molecule has 4 aromatic heterocycles. The predicted molar refractivity (Wildman–Crippen MR) is 229 cm³/mol. The normalized spacial score (nSPS) is 19.0. The van der Waals surface area contributed by atoms with Gasteiger partial charge in [0.15, 0.2) is 0 Å². The number of fused-ring (bicyclic) bond motifs is 2. The highest BCUT2D eigenvalue weighted by Gasteiger charge is 2.36. The zero-order valence-corrected chi connectivity index (χ0v) is 32.6. The van der Waals surface area contributed by atoms with Gasteiger partial charge in [0, 0.05) is 80.0 Å². The third-order valence-corrected chi connectivity index (χ3v) is 11.2. The molecule has 0 unspecified atom stereocenters. The molecular formula is C47H52N8O2. The lowest BCUT2D eigenvalue weighted by atomic mass is 9.88. The summed E-state index contributed by atoms with van der Waals surface area (Å²) >= 11 is 0. The number of aromatic nitrogens is 6. The highest BCUT2D eigenvalue weighted by Crippen LogP contribution is 2.38. The molecule has 2 fully saturated rings. The Hall–Kier alpha value is -5.58. The fraction of sp³-hybridized carbons (Fsp3) is 0.362. The van der Waals surface area contributed by atoms with E-state index in [0.29, 0.717) is 18.4 Å². The van der Waals surface area contributed by atoms with Gasteiger partial charge < -0.3 is 19.3 Å². The topological polar surface area (TPSA) is 102 Å². The molecule has 57 heavy (non-hydrogen) atoms. The van der Waals surface area contributed by atoms with E-state index in [2.05, 4.69) is 108 Å². The molecule has 292 valence electrons. The second-order valence-corrected chi connectivity index (χ2v) is 16.4. The molecule has 6 aromatic rings. The lowest BCUT2D eigenvalue weighted by molar-refractivity contribution is -0.00310. The lowest BCUT2D eigenvalue weighted by Gasteiger charge is -2.40. The summed E-state index contributed by atoms with van der Waals surface area (Å²) < 4.78 is 11.7. The minimum atomic E-state index is -0.247. The van der Waals surface area contributed by atoms with Crippen molar-refractivity contribution in [1.82, 2.24) is 29.9 Å². The Morgan fingerprint density at radius 2 is 1.11 bits per heavy atom. The molecule has 0 aliphatic carbocycles. The molecule has 4 aliphatic rings. The van der Waals surface area contributed by atoms with Crippen LogP contribution in [0.25, 0.3) is 33.0 Å². The average Bonchev–Trinajstić information content (AvgIpc) is 3.16. The molecule has 10 nitrogen and oxygen atoms in total. The Bertz CT molecular complexity index is 2450. The number of anilines is 2. The van der Waals surface area contributed by atoms with Crippen molar-refractivity contribution in [3.8, 4) is 0 Å². The van der Waals surface area contributed by atoms with Gasteiger partial charge in [-0.05, 0) is 87.7 Å². The van der Waals surface area contributed by atoms with Crippen LogP contribution in [0.3, 0.4) is 0 Å². The highest BCUT2D eigenvalue weighted by molar-refractivity contribution is 5.81. The molecule has 2 aromatic carbocycles. The summed E-state index contributed by atoms with van der Waals surface area (Å²) in [6.07, 6.45) is 13.3. The van der Waals surface area contributed by atoms with Crippen molar-refractivity contribution in [2.45, 2.75) is 71.0 Å². The van der Waals surface area contributed by atoms with Crippen LogP contribution >= 0.6 is 0 Å². The number of rotatable bonds is 6. The smallest absolute Gasteiger partial charge is 0.129 e. The zero-order valence-electron chi connectivity index (χ0n) is 32.6. The number of para-hydroxylation sites is 2. The van der Waals surface area contributed by atoms with Gasteiger partial charge in [0.1, 0.15) is 11.6 Å². The maximum atomic E-state index is 5.83. The van der Waals surface area contributed by atoms with E-state index in [4.69, 9.17) is 29.4 Å². The number of hydrogen-bond donors (Lipinski definition) is 0. The molecule has 2 saturated heterocycles. The molecular weight excluding hydrogens is 709 g/mol. The Morgan fingerprint density at radius 1 is 0.596 bits per heavy atom. The molecule has 0 N–H and O–H groups in total. The maximum Gasteiger partial charge on any atom is 0.129 e. The van der Waals surface area contributed by atoms with Crippen LogP contribution in [0.2, 0.25) is 0 Å². The van der Waals surface area contributed by atoms with Crippen molar-refractivity contribution < 1.29 is 9.47 Å². The Morgan fingerprint density at radius 3 is 1.63 bits per heavy atom. The summed E-state index contributed by atoms with van der Waals surface area (Å²) in [5.74, 6) is 2.83. The van der Waals surface area contributed by atoms with Crippen LogP contribution in [0.1, 0.15) is 82.6 Å². The fourth-order valence-electron chi connectivity index (χ4n) is 8.20. The van der Waals surface area contributed by atoms with E-state index in [1.807, 2.05) is 24.3 Å². The van der Waals surface area contributed by atoms with Crippen LogP contribution in [0, 0.1) is 0 Å². The Labute approximate surface area is 335 Å². The van der Waals surface area contributed by atoms with E-state index in [1.54, 1.807) is 24.8 Å². The molecule has 4 aliphatic heterocycles. The summed E-state index contributed by atoms with van der Waals surface area (Å²) in [4.78, 5) is 33.1. The molecule has 0 amide bonds. The molecule has 10 rings (SSSR count). The minimum Gasteiger partial charge on any atom is -0.371 e. The first-order chi connectivity index (χ1) is 27.2. The molecule has 0 bridgehead atoms. The van der Waals surface area contributed by atoms with Crippen molar-refractivity contribution in [2.75, 3.05) is 49.2 Å².